The van der Waals surface area contributed by atoms with E-state index in [-0.39, 0.29) is 11.7 Å². The lowest BCUT2D eigenvalue weighted by Crippen LogP contribution is -2.23. The van der Waals surface area contributed by atoms with Crippen molar-refractivity contribution in [3.63, 3.8) is 0 Å². The number of carbonyl (C=O) groups is 1. The van der Waals surface area contributed by atoms with Crippen LogP contribution in [0.1, 0.15) is 18.4 Å². The molecule has 0 saturated carbocycles. The fourth-order valence-electron chi connectivity index (χ4n) is 3.57. The first-order valence-corrected chi connectivity index (χ1v) is 9.76. The van der Waals surface area contributed by atoms with Crippen LogP contribution in [0.15, 0.2) is 48.7 Å². The van der Waals surface area contributed by atoms with Gasteiger partial charge in [0.1, 0.15) is 17.7 Å². The van der Waals surface area contributed by atoms with Crippen LogP contribution in [0.3, 0.4) is 0 Å². The molecule has 0 aliphatic carbocycles. The molecule has 2 aliphatic heterocycles. The topological polar surface area (TPSA) is 53.6 Å². The van der Waals surface area contributed by atoms with Gasteiger partial charge in [-0.15, -0.1) is 0 Å². The van der Waals surface area contributed by atoms with Crippen molar-refractivity contribution in [3.8, 4) is 5.75 Å². The van der Waals surface area contributed by atoms with Crippen LogP contribution in [-0.2, 0) is 4.79 Å². The van der Waals surface area contributed by atoms with E-state index in [0.29, 0.717) is 36.4 Å². The van der Waals surface area contributed by atoms with Gasteiger partial charge in [0.15, 0.2) is 0 Å². The number of carbonyl (C=O) groups excluding carboxylic acids is 1. The van der Waals surface area contributed by atoms with E-state index in [1.165, 1.54) is 12.1 Å². The van der Waals surface area contributed by atoms with Crippen LogP contribution in [0.2, 0.25) is 0 Å². The van der Waals surface area contributed by atoms with Crippen LogP contribution in [0.25, 0.3) is 5.57 Å². The average molecular weight is 399 g/mol. The number of alkyl halides is 1. The molecule has 2 aromatic carbocycles. The molecule has 1 saturated heterocycles. The van der Waals surface area contributed by atoms with E-state index in [1.807, 2.05) is 24.3 Å². The Balaban J connectivity index is 1.28. The highest BCUT2D eigenvalue weighted by atomic mass is 19.1. The fourth-order valence-corrected chi connectivity index (χ4v) is 3.57. The summed E-state index contributed by atoms with van der Waals surface area (Å²) in [6, 6.07) is 11.6. The molecule has 1 fully saturated rings. The maximum absolute atomic E-state index is 13.5. The van der Waals surface area contributed by atoms with Crippen LogP contribution in [0.4, 0.5) is 20.2 Å². The van der Waals surface area contributed by atoms with Crippen molar-refractivity contribution < 1.29 is 18.3 Å². The van der Waals surface area contributed by atoms with Gasteiger partial charge in [-0.05, 0) is 55.3 Å². The molecule has 1 amide bonds. The van der Waals surface area contributed by atoms with Crippen LogP contribution in [0.5, 0.6) is 5.75 Å². The summed E-state index contributed by atoms with van der Waals surface area (Å²) < 4.78 is 32.4. The minimum Gasteiger partial charge on any atom is -0.494 e. The Kier molecular flexibility index (Phi) is 5.76. The minimum absolute atomic E-state index is 0.268. The third kappa shape index (κ3) is 4.74. The first-order chi connectivity index (χ1) is 14.1. The number of halogens is 2. The first-order valence-electron chi connectivity index (χ1n) is 9.76. The van der Waals surface area contributed by atoms with Crippen molar-refractivity contribution in [1.29, 1.82) is 0 Å². The highest BCUT2D eigenvalue weighted by Crippen LogP contribution is 2.32. The van der Waals surface area contributed by atoms with Gasteiger partial charge in [0.05, 0.1) is 12.2 Å². The monoisotopic (exact) mass is 399 g/mol. The summed E-state index contributed by atoms with van der Waals surface area (Å²) in [6.07, 6.45) is 2.37. The fraction of sp³-hybridized carbons (Fsp3) is 0.318. The SMILES string of the molecule is O=C1Nc2ccc(F)cc2/C1=C\Nc1ccc(OCCCN2CCC(F)C2)cc1. The summed E-state index contributed by atoms with van der Waals surface area (Å²) in [4.78, 5) is 14.2. The Morgan fingerprint density at radius 3 is 2.83 bits per heavy atom. The van der Waals surface area contributed by atoms with Crippen molar-refractivity contribution in [3.05, 3.63) is 60.0 Å². The molecule has 0 bridgehead atoms. The maximum atomic E-state index is 13.5. The molecule has 0 aromatic heterocycles. The molecule has 5 nitrogen and oxygen atoms in total. The molecule has 0 radical (unpaired) electrons. The third-order valence-corrected chi connectivity index (χ3v) is 5.10. The Bertz CT molecular complexity index is 915. The predicted molar refractivity (Wildman–Crippen MR) is 109 cm³/mol. The Hall–Kier alpha value is -2.93. The predicted octanol–water partition coefficient (Wildman–Crippen LogP) is 4.04. The van der Waals surface area contributed by atoms with E-state index < -0.39 is 6.17 Å². The molecule has 2 aliphatic rings. The summed E-state index contributed by atoms with van der Waals surface area (Å²) in [5.41, 5.74) is 2.31. The normalized spacial score (nSPS) is 20.0. The summed E-state index contributed by atoms with van der Waals surface area (Å²) in [5.74, 6) is 0.0936. The van der Waals surface area contributed by atoms with Crippen LogP contribution < -0.4 is 15.4 Å². The number of ether oxygens (including phenoxy) is 1. The lowest BCUT2D eigenvalue weighted by atomic mass is 10.1. The van der Waals surface area contributed by atoms with E-state index in [0.717, 1.165) is 30.9 Å². The lowest BCUT2D eigenvalue weighted by Gasteiger charge is -2.14. The summed E-state index contributed by atoms with van der Waals surface area (Å²) in [6.45, 7) is 2.78. The van der Waals surface area contributed by atoms with Gasteiger partial charge in [-0.2, -0.15) is 0 Å². The standard InChI is InChI=1S/C22H23F2N3O2/c23-15-2-7-21-19(12-15)20(22(28)26-21)13-25-17-3-5-18(6-4-17)29-11-1-9-27-10-8-16(24)14-27/h2-7,12-13,16,25H,1,8-11,14H2,(H,26,28)/b20-13+. The van der Waals surface area contributed by atoms with Gasteiger partial charge in [-0.25, -0.2) is 8.78 Å². The highest BCUT2D eigenvalue weighted by Gasteiger charge is 2.24. The second kappa shape index (κ2) is 8.61. The lowest BCUT2D eigenvalue weighted by molar-refractivity contribution is -0.110. The van der Waals surface area contributed by atoms with E-state index in [9.17, 15) is 13.6 Å². The van der Waals surface area contributed by atoms with Crippen molar-refractivity contribution in [1.82, 2.24) is 4.90 Å². The van der Waals surface area contributed by atoms with Gasteiger partial charge in [-0.1, -0.05) is 0 Å². The van der Waals surface area contributed by atoms with Crippen LogP contribution in [0, 0.1) is 5.82 Å². The Morgan fingerprint density at radius 2 is 2.07 bits per heavy atom. The quantitative estimate of drug-likeness (QED) is 0.545. The summed E-state index contributed by atoms with van der Waals surface area (Å²) in [7, 11) is 0. The molecule has 2 heterocycles. The number of anilines is 2. The van der Waals surface area contributed by atoms with Gasteiger partial charge in [0, 0.05) is 42.8 Å². The number of amides is 1. The minimum atomic E-state index is -0.686. The molecule has 0 spiro atoms. The third-order valence-electron chi connectivity index (χ3n) is 5.10. The van der Waals surface area contributed by atoms with Crippen LogP contribution >= 0.6 is 0 Å². The molecule has 1 unspecified atom stereocenters. The smallest absolute Gasteiger partial charge is 0.257 e. The number of likely N-dealkylation sites (tertiary alicyclic amines) is 1. The van der Waals surface area contributed by atoms with Gasteiger partial charge in [0.25, 0.3) is 5.91 Å². The average Bonchev–Trinajstić information content (AvgIpc) is 3.26. The van der Waals surface area contributed by atoms with E-state index in [1.54, 1.807) is 12.3 Å². The molecular formula is C22H23F2N3O2. The van der Waals surface area contributed by atoms with Crippen molar-refractivity contribution in [2.75, 3.05) is 36.9 Å². The maximum Gasteiger partial charge on any atom is 0.257 e. The highest BCUT2D eigenvalue weighted by molar-refractivity contribution is 6.31. The Labute approximate surface area is 168 Å². The van der Waals surface area contributed by atoms with Crippen molar-refractivity contribution in [2.45, 2.75) is 19.0 Å². The first kappa shape index (κ1) is 19.4. The van der Waals surface area contributed by atoms with Gasteiger partial charge >= 0.3 is 0 Å². The molecule has 2 N–H and O–H groups in total. The summed E-state index contributed by atoms with van der Waals surface area (Å²) in [5, 5.41) is 5.78. The zero-order chi connectivity index (χ0) is 20.2. The van der Waals surface area contributed by atoms with Crippen molar-refractivity contribution in [2.24, 2.45) is 0 Å². The number of hydrogen-bond donors (Lipinski definition) is 2. The molecule has 4 rings (SSSR count). The zero-order valence-corrected chi connectivity index (χ0v) is 16.0. The van der Waals surface area contributed by atoms with Gasteiger partial charge in [-0.3, -0.25) is 4.79 Å². The van der Waals surface area contributed by atoms with Gasteiger partial charge in [0.2, 0.25) is 0 Å². The van der Waals surface area contributed by atoms with Crippen LogP contribution in [-0.4, -0.2) is 43.2 Å². The molecule has 152 valence electrons. The molecule has 1 atom stereocenters. The van der Waals surface area contributed by atoms with E-state index in [4.69, 9.17) is 4.74 Å². The number of hydrogen-bond acceptors (Lipinski definition) is 4. The second-order valence-corrected chi connectivity index (χ2v) is 7.26. The number of benzene rings is 2. The Morgan fingerprint density at radius 1 is 1.24 bits per heavy atom. The molecular weight excluding hydrogens is 376 g/mol. The molecule has 29 heavy (non-hydrogen) atoms. The van der Waals surface area contributed by atoms with E-state index >= 15 is 0 Å². The summed E-state index contributed by atoms with van der Waals surface area (Å²) >= 11 is 0. The zero-order valence-electron chi connectivity index (χ0n) is 16.0. The van der Waals surface area contributed by atoms with Gasteiger partial charge < -0.3 is 20.3 Å². The second-order valence-electron chi connectivity index (χ2n) is 7.26. The number of nitrogens with one attached hydrogen (secondary N) is 2. The number of nitrogens with zero attached hydrogens (tertiary/aromatic N) is 1. The number of rotatable bonds is 7. The number of fused-ring (bicyclic) bond motifs is 1. The molecule has 7 heteroatoms. The van der Waals surface area contributed by atoms with E-state index in [2.05, 4.69) is 15.5 Å². The molecule has 2 aromatic rings. The largest absolute Gasteiger partial charge is 0.494 e. The van der Waals surface area contributed by atoms with Crippen molar-refractivity contribution >= 4 is 22.9 Å².